The Balaban J connectivity index is 1.64. The Morgan fingerprint density at radius 1 is 1.14 bits per heavy atom. The normalized spacial score (nSPS) is 24.6. The first-order valence-corrected chi connectivity index (χ1v) is 7.91. The second-order valence-corrected chi connectivity index (χ2v) is 5.88. The molecule has 1 aromatic rings. The highest BCUT2D eigenvalue weighted by molar-refractivity contribution is 5.47. The third-order valence-corrected chi connectivity index (χ3v) is 4.12. The van der Waals surface area contributed by atoms with Crippen LogP contribution < -0.4 is 25.8 Å². The molecule has 2 fully saturated rings. The van der Waals surface area contributed by atoms with E-state index in [9.17, 15) is 4.39 Å². The van der Waals surface area contributed by atoms with Gasteiger partial charge in [0.05, 0.1) is 5.69 Å². The third-order valence-electron chi connectivity index (χ3n) is 4.12. The van der Waals surface area contributed by atoms with Crippen LogP contribution >= 0.6 is 0 Å². The molecule has 0 aliphatic carbocycles. The topological polar surface area (TPSA) is 81.4 Å². The first-order chi connectivity index (χ1) is 10.7. The van der Waals surface area contributed by atoms with E-state index in [2.05, 4.69) is 15.6 Å². The van der Waals surface area contributed by atoms with Gasteiger partial charge in [-0.3, -0.25) is 0 Å². The minimum atomic E-state index is -0.722. The van der Waals surface area contributed by atoms with Crippen molar-refractivity contribution in [2.45, 2.75) is 37.8 Å². The summed E-state index contributed by atoms with van der Waals surface area (Å²) in [6.07, 6.45) is 4.41. The van der Waals surface area contributed by atoms with Gasteiger partial charge in [0.1, 0.15) is 13.2 Å². The Morgan fingerprint density at radius 2 is 1.77 bits per heavy atom. The van der Waals surface area contributed by atoms with Crippen molar-refractivity contribution in [2.24, 2.45) is 0 Å². The molecule has 2 aliphatic heterocycles. The molecule has 7 heteroatoms. The lowest BCUT2D eigenvalue weighted by Crippen LogP contribution is -2.29. The Labute approximate surface area is 129 Å². The number of nitrogens with two attached hydrogens (primary N) is 1. The van der Waals surface area contributed by atoms with Gasteiger partial charge in [0.15, 0.2) is 5.75 Å². The number of nitrogens with zero attached hydrogens (tertiary/aromatic N) is 1. The van der Waals surface area contributed by atoms with Crippen molar-refractivity contribution >= 4 is 5.69 Å². The van der Waals surface area contributed by atoms with Gasteiger partial charge in [0.2, 0.25) is 5.95 Å². The van der Waals surface area contributed by atoms with E-state index in [-0.39, 0.29) is 17.6 Å². The van der Waals surface area contributed by atoms with E-state index >= 15 is 0 Å². The number of pyridine rings is 1. The SMILES string of the molecule is Nc1cc(OC[C@@H]2CCCN2)c(OC[C@@H]2CCCN2)nc1F. The number of anilines is 1. The van der Waals surface area contributed by atoms with Crippen LogP contribution in [-0.4, -0.2) is 43.4 Å². The Bertz CT molecular complexity index is 458. The lowest BCUT2D eigenvalue weighted by molar-refractivity contribution is 0.226. The van der Waals surface area contributed by atoms with Crippen LogP contribution in [0.1, 0.15) is 25.7 Å². The van der Waals surface area contributed by atoms with Crippen LogP contribution in [0, 0.1) is 5.95 Å². The van der Waals surface area contributed by atoms with Gasteiger partial charge in [-0.1, -0.05) is 0 Å². The number of nitrogen functional groups attached to an aromatic ring is 1. The molecule has 3 heterocycles. The highest BCUT2D eigenvalue weighted by atomic mass is 19.1. The number of aromatic nitrogens is 1. The zero-order valence-electron chi connectivity index (χ0n) is 12.6. The molecule has 0 saturated carbocycles. The zero-order valence-corrected chi connectivity index (χ0v) is 12.6. The van der Waals surface area contributed by atoms with Crippen molar-refractivity contribution in [3.05, 3.63) is 12.0 Å². The summed E-state index contributed by atoms with van der Waals surface area (Å²) in [4.78, 5) is 3.79. The van der Waals surface area contributed by atoms with E-state index in [4.69, 9.17) is 15.2 Å². The number of nitrogens with one attached hydrogen (secondary N) is 2. The van der Waals surface area contributed by atoms with Gasteiger partial charge in [-0.2, -0.15) is 9.37 Å². The molecule has 6 nitrogen and oxygen atoms in total. The van der Waals surface area contributed by atoms with Gasteiger partial charge in [0, 0.05) is 18.2 Å². The van der Waals surface area contributed by atoms with E-state index in [1.807, 2.05) is 0 Å². The second-order valence-electron chi connectivity index (χ2n) is 5.88. The fraction of sp³-hybridized carbons (Fsp3) is 0.667. The first kappa shape index (κ1) is 15.3. The summed E-state index contributed by atoms with van der Waals surface area (Å²) in [5.41, 5.74) is 5.56. The van der Waals surface area contributed by atoms with E-state index < -0.39 is 5.95 Å². The van der Waals surface area contributed by atoms with Crippen LogP contribution in [0.15, 0.2) is 6.07 Å². The van der Waals surface area contributed by atoms with Crippen molar-refractivity contribution in [1.82, 2.24) is 15.6 Å². The average Bonchev–Trinajstić information content (AvgIpc) is 3.19. The number of hydrogen-bond acceptors (Lipinski definition) is 6. The molecule has 0 aromatic carbocycles. The maximum absolute atomic E-state index is 13.6. The molecule has 0 bridgehead atoms. The molecule has 4 N–H and O–H groups in total. The number of hydrogen-bond donors (Lipinski definition) is 3. The third kappa shape index (κ3) is 3.78. The van der Waals surface area contributed by atoms with Crippen LogP contribution in [0.4, 0.5) is 10.1 Å². The van der Waals surface area contributed by atoms with Crippen LogP contribution in [-0.2, 0) is 0 Å². The predicted molar refractivity (Wildman–Crippen MR) is 81.6 cm³/mol. The smallest absolute Gasteiger partial charge is 0.259 e. The molecule has 2 atom stereocenters. The summed E-state index contributed by atoms with van der Waals surface area (Å²) >= 11 is 0. The average molecular weight is 310 g/mol. The molecule has 1 aromatic heterocycles. The van der Waals surface area contributed by atoms with Crippen LogP contribution in [0.5, 0.6) is 11.6 Å². The van der Waals surface area contributed by atoms with Crippen LogP contribution in [0.2, 0.25) is 0 Å². The maximum Gasteiger partial charge on any atom is 0.259 e. The summed E-state index contributed by atoms with van der Waals surface area (Å²) in [6, 6.07) is 2.05. The second kappa shape index (κ2) is 7.11. The van der Waals surface area contributed by atoms with Gasteiger partial charge >= 0.3 is 0 Å². The quantitative estimate of drug-likeness (QED) is 0.682. The van der Waals surface area contributed by atoms with Crippen molar-refractivity contribution in [3.8, 4) is 11.6 Å². The summed E-state index contributed by atoms with van der Waals surface area (Å²) in [6.45, 7) is 2.96. The molecular formula is C15H23FN4O2. The monoisotopic (exact) mass is 310 g/mol. The van der Waals surface area contributed by atoms with E-state index in [0.717, 1.165) is 38.8 Å². The van der Waals surface area contributed by atoms with Gasteiger partial charge in [-0.15, -0.1) is 0 Å². The summed E-state index contributed by atoms with van der Waals surface area (Å²) in [5.74, 6) is -0.135. The molecule has 122 valence electrons. The summed E-state index contributed by atoms with van der Waals surface area (Å²) in [7, 11) is 0. The number of rotatable bonds is 6. The van der Waals surface area contributed by atoms with E-state index in [0.29, 0.717) is 25.0 Å². The minimum Gasteiger partial charge on any atom is -0.486 e. The molecule has 3 rings (SSSR count). The van der Waals surface area contributed by atoms with Gasteiger partial charge in [-0.25, -0.2) is 0 Å². The van der Waals surface area contributed by atoms with Gasteiger partial charge in [-0.05, 0) is 38.8 Å². The van der Waals surface area contributed by atoms with Gasteiger partial charge < -0.3 is 25.8 Å². The highest BCUT2D eigenvalue weighted by Crippen LogP contribution is 2.29. The Morgan fingerprint density at radius 3 is 2.36 bits per heavy atom. The van der Waals surface area contributed by atoms with Crippen molar-refractivity contribution < 1.29 is 13.9 Å². The van der Waals surface area contributed by atoms with E-state index in [1.165, 1.54) is 6.07 Å². The molecule has 0 radical (unpaired) electrons. The Kier molecular flexibility index (Phi) is 4.94. The number of halogens is 1. The minimum absolute atomic E-state index is 0.0271. The maximum atomic E-state index is 13.6. The standard InChI is InChI=1S/C15H23FN4O2/c16-14-12(17)7-13(21-8-10-3-1-5-18-10)15(20-14)22-9-11-4-2-6-19-11/h7,10-11,18-19H,1-6,8-9,17H2/t10-,11-/m0/s1. The molecule has 2 saturated heterocycles. The van der Waals surface area contributed by atoms with Crippen molar-refractivity contribution in [3.63, 3.8) is 0 Å². The van der Waals surface area contributed by atoms with E-state index in [1.54, 1.807) is 0 Å². The molecule has 2 aliphatic rings. The van der Waals surface area contributed by atoms with Crippen molar-refractivity contribution in [1.29, 1.82) is 0 Å². The summed E-state index contributed by atoms with van der Waals surface area (Å²) < 4.78 is 25.0. The van der Waals surface area contributed by atoms with Crippen LogP contribution in [0.3, 0.4) is 0 Å². The molecule has 22 heavy (non-hydrogen) atoms. The Hall–Kier alpha value is -1.60. The predicted octanol–water partition coefficient (Wildman–Crippen LogP) is 1.06. The lowest BCUT2D eigenvalue weighted by Gasteiger charge is -2.17. The largest absolute Gasteiger partial charge is 0.486 e. The fourth-order valence-electron chi connectivity index (χ4n) is 2.85. The summed E-state index contributed by atoms with van der Waals surface area (Å²) in [5, 5.41) is 6.67. The van der Waals surface area contributed by atoms with Crippen LogP contribution in [0.25, 0.3) is 0 Å². The van der Waals surface area contributed by atoms with Crippen molar-refractivity contribution in [2.75, 3.05) is 32.0 Å². The number of ether oxygens (including phenoxy) is 2. The van der Waals surface area contributed by atoms with Gasteiger partial charge in [0.25, 0.3) is 5.88 Å². The fourth-order valence-corrected chi connectivity index (χ4v) is 2.85. The molecular weight excluding hydrogens is 287 g/mol. The first-order valence-electron chi connectivity index (χ1n) is 7.91. The molecule has 0 amide bonds. The highest BCUT2D eigenvalue weighted by Gasteiger charge is 2.20. The zero-order chi connectivity index (χ0) is 15.4. The lowest BCUT2D eigenvalue weighted by atomic mass is 10.2. The molecule has 0 unspecified atom stereocenters. The molecule has 0 spiro atoms.